The van der Waals surface area contributed by atoms with E-state index in [9.17, 15) is 0 Å². The molecule has 0 aliphatic heterocycles. The van der Waals surface area contributed by atoms with Crippen LogP contribution in [0.15, 0.2) is 0 Å². The Kier molecular flexibility index (Phi) is 5550. The van der Waals surface area contributed by atoms with Gasteiger partial charge >= 0.3 is 11.3 Å². The van der Waals surface area contributed by atoms with E-state index >= 15 is 0 Å². The summed E-state index contributed by atoms with van der Waals surface area (Å²) in [5.41, 5.74) is 0. The zero-order valence-electron chi connectivity index (χ0n) is 4.12. The predicted molar refractivity (Wildman–Crippen MR) is 43.7 cm³/mol. The van der Waals surface area contributed by atoms with Crippen molar-refractivity contribution < 1.29 is 10.1 Å². The zero-order valence-corrected chi connectivity index (χ0v) is 4.12. The van der Waals surface area contributed by atoms with Crippen molar-refractivity contribution in [2.45, 2.75) is 42.5 Å². The molecule has 0 rings (SSSR count). The fourth-order valence-electron chi connectivity index (χ4n) is 0. The fraction of sp³-hybridized carbons (Fsp3) is 0.857. The van der Waals surface area contributed by atoms with Gasteiger partial charge in [0.05, 0.1) is 0 Å². The molecule has 0 radical (unpaired) electrons. The molecule has 0 fully saturated rings. The maximum atomic E-state index is 7.50. The Bertz CT molecular complexity index is 18.1. The number of hydrogen-bond acceptors (Lipinski definition) is 0. The third-order valence-electron chi connectivity index (χ3n) is 0. The number of hydrogen-bond donors (Lipinski definition) is 0. The topological polar surface area (TPSA) is 51.4 Å². The second-order valence-corrected chi connectivity index (χ2v) is 0.707. The molecule has 0 aromatic carbocycles. The molecule has 0 atom stereocenters. The molecule has 2 N–H and O–H groups in total. The van der Waals surface area contributed by atoms with Crippen molar-refractivity contribution in [1.29, 1.82) is 0 Å². The first-order chi connectivity index (χ1) is 2.41. The second-order valence-electron chi connectivity index (χ2n) is 0.707. The van der Waals surface area contributed by atoms with Gasteiger partial charge in [0.2, 0.25) is 0 Å². The first kappa shape index (κ1) is 70.8. The summed E-state index contributed by atoms with van der Waals surface area (Å²) in [5, 5.41) is 0. The van der Waals surface area contributed by atoms with Gasteiger partial charge in [-0.2, -0.15) is 0 Å². The molecule has 0 saturated carbocycles. The van der Waals surface area contributed by atoms with Gasteiger partial charge in [0, 0.05) is 0 Å². The van der Waals surface area contributed by atoms with Gasteiger partial charge in [-0.1, -0.05) is 42.5 Å². The van der Waals surface area contributed by atoms with E-state index in [1.807, 2.05) is 0 Å². The molecule has 0 saturated heterocycles. The van der Waals surface area contributed by atoms with Crippen molar-refractivity contribution in [2.75, 3.05) is 0 Å². The van der Waals surface area contributed by atoms with Gasteiger partial charge in [-0.25, -0.2) is 0 Å². The molecule has 0 bridgehead atoms. The van der Waals surface area contributed by atoms with Crippen LogP contribution in [0.2, 0.25) is 0 Å². The van der Waals surface area contributed by atoms with Crippen molar-refractivity contribution in [3.8, 4) is 0 Å². The summed E-state index contributed by atoms with van der Waals surface area (Å²) in [6.07, 6.45) is 1.25. The quantitative estimate of drug-likeness (QED) is 0.365. The van der Waals surface area contributed by atoms with Crippen LogP contribution in [0.1, 0.15) is 42.5 Å². The first-order valence-electron chi connectivity index (χ1n) is 1.62. The van der Waals surface area contributed by atoms with E-state index in [0.29, 0.717) is 0 Å². The monoisotopic (exact) mass is 138 g/mol. The van der Waals surface area contributed by atoms with E-state index in [-0.39, 0.29) is 27.8 Å². The van der Waals surface area contributed by atoms with Crippen LogP contribution in [0, 0.1) is 6.65 Å². The van der Waals surface area contributed by atoms with E-state index in [1.54, 1.807) is 0 Å². The minimum atomic E-state index is 0. The zero-order chi connectivity index (χ0) is 4.71. The minimum absolute atomic E-state index is 0. The Morgan fingerprint density at radius 3 is 1.00 bits per heavy atom. The van der Waals surface area contributed by atoms with Crippen LogP contribution in [-0.4, -0.2) is 5.48 Å². The third-order valence-corrected chi connectivity index (χ3v) is 0. The van der Waals surface area contributed by atoms with Crippen LogP contribution in [0.25, 0.3) is 0 Å². The molecule has 0 spiro atoms. The van der Waals surface area contributed by atoms with E-state index < -0.39 is 0 Å². The summed E-state index contributed by atoms with van der Waals surface area (Å²) in [7, 11) is 0. The Balaban J connectivity index is -0.00000000357. The van der Waals surface area contributed by atoms with E-state index in [2.05, 4.69) is 20.5 Å². The average molecular weight is 138 g/mol. The van der Waals surface area contributed by atoms with Gasteiger partial charge in [0.1, 0.15) is 0 Å². The Hall–Kier alpha value is -0.300. The van der Waals surface area contributed by atoms with Gasteiger partial charge in [-0.3, -0.25) is 0 Å². The van der Waals surface area contributed by atoms with Crippen LogP contribution in [0.4, 0.5) is 0 Å². The first-order valence-corrected chi connectivity index (χ1v) is 1.62. The molecule has 0 heterocycles. The molecule has 9 heavy (non-hydrogen) atoms. The van der Waals surface area contributed by atoms with Gasteiger partial charge in [0.15, 0.2) is 0 Å². The standard InChI is InChI=1S/C3H8.CO.3CH4.H2O/c1-3-2;1-2;;;;/h3H2,1-2H3;;3*1H4;1H2. The molecular formula is C7H22O2. The molecule has 0 aromatic rings. The molecular weight excluding hydrogens is 116 g/mol. The maximum absolute atomic E-state index is 7.50. The molecule has 62 valence electrons. The SMILES string of the molecule is C.C.C.CCC.O.[C-]#[O+]. The third kappa shape index (κ3) is 2780. The van der Waals surface area contributed by atoms with Crippen molar-refractivity contribution in [2.24, 2.45) is 0 Å². The molecule has 0 aliphatic rings. The van der Waals surface area contributed by atoms with Crippen LogP contribution in [-0.2, 0) is 4.65 Å². The van der Waals surface area contributed by atoms with E-state index in [4.69, 9.17) is 4.65 Å². The van der Waals surface area contributed by atoms with Crippen molar-refractivity contribution in [3.63, 3.8) is 0 Å². The van der Waals surface area contributed by atoms with E-state index in [1.165, 1.54) is 6.42 Å². The average Bonchev–Trinajstić information content (AvgIpc) is 1.46. The van der Waals surface area contributed by atoms with Crippen LogP contribution in [0.3, 0.4) is 0 Å². The van der Waals surface area contributed by atoms with Crippen LogP contribution >= 0.6 is 0 Å². The van der Waals surface area contributed by atoms with Gasteiger partial charge in [-0.15, -0.1) is 0 Å². The number of rotatable bonds is 0. The molecule has 0 unspecified atom stereocenters. The predicted octanol–water partition coefficient (Wildman–Crippen LogP) is 2.46. The normalized spacial score (nSPS) is 2.22. The fourth-order valence-corrected chi connectivity index (χ4v) is 0. The van der Waals surface area contributed by atoms with Crippen molar-refractivity contribution in [3.05, 3.63) is 6.65 Å². The summed E-state index contributed by atoms with van der Waals surface area (Å²) in [4.78, 5) is 0. The Labute approximate surface area is 60.3 Å². The second kappa shape index (κ2) is 705. The summed E-state index contributed by atoms with van der Waals surface area (Å²) in [6.45, 7) is 8.75. The van der Waals surface area contributed by atoms with E-state index in [0.717, 1.165) is 0 Å². The van der Waals surface area contributed by atoms with Crippen molar-refractivity contribution in [1.82, 2.24) is 0 Å². The molecule has 0 aromatic heterocycles. The summed E-state index contributed by atoms with van der Waals surface area (Å²) in [6, 6.07) is 0. The van der Waals surface area contributed by atoms with Crippen LogP contribution < -0.4 is 0 Å². The van der Waals surface area contributed by atoms with Crippen LogP contribution in [0.5, 0.6) is 0 Å². The summed E-state index contributed by atoms with van der Waals surface area (Å²) >= 11 is 0. The van der Waals surface area contributed by atoms with Gasteiger partial charge in [0.25, 0.3) is 0 Å². The van der Waals surface area contributed by atoms with Gasteiger partial charge < -0.3 is 5.48 Å². The molecule has 0 aliphatic carbocycles. The van der Waals surface area contributed by atoms with Crippen molar-refractivity contribution >= 4 is 0 Å². The summed E-state index contributed by atoms with van der Waals surface area (Å²) < 4.78 is 7.50. The molecule has 2 heteroatoms. The molecule has 2 nitrogen and oxygen atoms in total. The van der Waals surface area contributed by atoms with Gasteiger partial charge in [-0.05, 0) is 0 Å². The Morgan fingerprint density at radius 2 is 1.00 bits per heavy atom. The summed E-state index contributed by atoms with van der Waals surface area (Å²) in [5.74, 6) is 0. The Morgan fingerprint density at radius 1 is 1.00 bits per heavy atom. The molecule has 0 amide bonds.